The molecule has 3 rings (SSSR count). The van der Waals surface area contributed by atoms with Gasteiger partial charge in [-0.25, -0.2) is 24.9 Å². The number of imidazole rings is 1. The predicted octanol–water partition coefficient (Wildman–Crippen LogP) is 0.523. The summed E-state index contributed by atoms with van der Waals surface area (Å²) >= 11 is 0. The van der Waals surface area contributed by atoms with Crippen LogP contribution < -0.4 is 11.1 Å². The summed E-state index contributed by atoms with van der Waals surface area (Å²) in [6.45, 7) is 0.286. The molecule has 0 unspecified atom stereocenters. The number of H-pyrrole nitrogens is 1. The highest BCUT2D eigenvalue weighted by molar-refractivity contribution is 6.06. The summed E-state index contributed by atoms with van der Waals surface area (Å²) in [6.07, 6.45) is 6.53. The number of hydrogen-bond donors (Lipinski definition) is 3. The van der Waals surface area contributed by atoms with Crippen LogP contribution in [0.1, 0.15) is 5.56 Å². The van der Waals surface area contributed by atoms with Crippen molar-refractivity contribution in [2.75, 3.05) is 12.0 Å². The second-order valence-corrected chi connectivity index (χ2v) is 3.91. The first-order valence-corrected chi connectivity index (χ1v) is 5.94. The van der Waals surface area contributed by atoms with Gasteiger partial charge in [-0.2, -0.15) is 0 Å². The van der Waals surface area contributed by atoms with Crippen LogP contribution in [0, 0.1) is 0 Å². The minimum atomic E-state index is 0.286. The Morgan fingerprint density at radius 3 is 2.90 bits per heavy atom. The molecule has 0 spiro atoms. The number of amidine groups is 1. The van der Waals surface area contributed by atoms with Crippen LogP contribution in [0.2, 0.25) is 0 Å². The lowest BCUT2D eigenvalue weighted by Gasteiger charge is -2.03. The molecule has 0 atom stereocenters. The fourth-order valence-electron chi connectivity index (χ4n) is 1.73. The molecule has 0 bridgehead atoms. The highest BCUT2D eigenvalue weighted by atomic mass is 15.1. The van der Waals surface area contributed by atoms with Crippen molar-refractivity contribution < 1.29 is 0 Å². The summed E-state index contributed by atoms with van der Waals surface area (Å²) in [6, 6.07) is 3.53. The van der Waals surface area contributed by atoms with Gasteiger partial charge < -0.3 is 16.0 Å². The van der Waals surface area contributed by atoms with Gasteiger partial charge in [0.1, 0.15) is 12.5 Å². The molecule has 0 aliphatic carbocycles. The number of anilines is 1. The van der Waals surface area contributed by atoms with Gasteiger partial charge in [0.2, 0.25) is 5.95 Å². The highest BCUT2D eigenvalue weighted by Crippen LogP contribution is 2.11. The molecule has 0 saturated carbocycles. The fourth-order valence-corrected chi connectivity index (χ4v) is 1.73. The van der Waals surface area contributed by atoms with E-state index < -0.39 is 0 Å². The zero-order valence-electron chi connectivity index (χ0n) is 10.5. The summed E-state index contributed by atoms with van der Waals surface area (Å²) in [5.41, 5.74) is 8.12. The van der Waals surface area contributed by atoms with Crippen molar-refractivity contribution in [3.8, 4) is 0 Å². The molecule has 3 heterocycles. The highest BCUT2D eigenvalue weighted by Gasteiger charge is 2.07. The van der Waals surface area contributed by atoms with E-state index >= 15 is 0 Å². The molecular formula is C12H12N8. The van der Waals surface area contributed by atoms with E-state index in [1.165, 1.54) is 0 Å². The fraction of sp³-hybridized carbons (Fsp3) is 0.0833. The predicted molar refractivity (Wildman–Crippen MR) is 75.1 cm³/mol. The summed E-state index contributed by atoms with van der Waals surface area (Å²) in [7, 11) is 0. The van der Waals surface area contributed by atoms with Gasteiger partial charge in [-0.05, 0) is 12.1 Å². The van der Waals surface area contributed by atoms with Gasteiger partial charge in [0.15, 0.2) is 5.65 Å². The smallest absolute Gasteiger partial charge is 0.224 e. The van der Waals surface area contributed by atoms with Gasteiger partial charge in [0.05, 0.1) is 11.8 Å². The number of nitrogens with zero attached hydrogens (tertiary/aromatic N) is 5. The van der Waals surface area contributed by atoms with E-state index in [0.29, 0.717) is 17.4 Å². The lowest BCUT2D eigenvalue weighted by molar-refractivity contribution is 1.05. The molecule has 3 aromatic heterocycles. The van der Waals surface area contributed by atoms with E-state index in [2.05, 4.69) is 35.2 Å². The molecule has 0 aliphatic rings. The second kappa shape index (κ2) is 5.31. The number of aliphatic imine (C=N–C) groups is 1. The Bertz CT molecular complexity index is 733. The molecule has 0 amide bonds. The van der Waals surface area contributed by atoms with Gasteiger partial charge in [-0.3, -0.25) is 0 Å². The van der Waals surface area contributed by atoms with Crippen molar-refractivity contribution in [2.45, 2.75) is 0 Å². The van der Waals surface area contributed by atoms with Crippen LogP contribution in [0.4, 0.5) is 5.95 Å². The van der Waals surface area contributed by atoms with Gasteiger partial charge in [0.25, 0.3) is 0 Å². The molecule has 8 heteroatoms. The minimum Gasteiger partial charge on any atom is -0.383 e. The Morgan fingerprint density at radius 1 is 1.20 bits per heavy atom. The van der Waals surface area contributed by atoms with Crippen LogP contribution in [-0.4, -0.2) is 37.4 Å². The summed E-state index contributed by atoms with van der Waals surface area (Å²) in [4.78, 5) is 23.5. The third kappa shape index (κ3) is 2.39. The first-order valence-electron chi connectivity index (χ1n) is 5.94. The maximum atomic E-state index is 5.98. The molecule has 0 saturated heterocycles. The number of rotatable bonds is 4. The summed E-state index contributed by atoms with van der Waals surface area (Å²) < 4.78 is 0. The second-order valence-electron chi connectivity index (χ2n) is 3.91. The van der Waals surface area contributed by atoms with Crippen molar-refractivity contribution in [3.63, 3.8) is 0 Å². The average Bonchev–Trinajstić information content (AvgIpc) is 2.96. The van der Waals surface area contributed by atoms with Crippen molar-refractivity contribution in [1.29, 1.82) is 0 Å². The monoisotopic (exact) mass is 268 g/mol. The van der Waals surface area contributed by atoms with Crippen molar-refractivity contribution in [1.82, 2.24) is 24.9 Å². The minimum absolute atomic E-state index is 0.286. The van der Waals surface area contributed by atoms with Crippen LogP contribution in [0.25, 0.3) is 11.2 Å². The van der Waals surface area contributed by atoms with Crippen LogP contribution in [-0.2, 0) is 0 Å². The van der Waals surface area contributed by atoms with E-state index in [1.807, 2.05) is 0 Å². The van der Waals surface area contributed by atoms with E-state index in [-0.39, 0.29) is 6.67 Å². The van der Waals surface area contributed by atoms with E-state index in [1.54, 1.807) is 37.1 Å². The largest absolute Gasteiger partial charge is 0.383 e. The van der Waals surface area contributed by atoms with Crippen molar-refractivity contribution in [2.24, 2.45) is 10.7 Å². The number of nitrogens with one attached hydrogen (secondary N) is 2. The first-order chi connectivity index (χ1) is 9.84. The summed E-state index contributed by atoms with van der Waals surface area (Å²) in [5.74, 6) is 0.899. The first kappa shape index (κ1) is 12.0. The zero-order valence-corrected chi connectivity index (χ0v) is 10.5. The Balaban J connectivity index is 1.77. The van der Waals surface area contributed by atoms with Gasteiger partial charge in [-0.1, -0.05) is 0 Å². The lowest BCUT2D eigenvalue weighted by Crippen LogP contribution is -2.16. The van der Waals surface area contributed by atoms with E-state index in [4.69, 9.17) is 5.73 Å². The van der Waals surface area contributed by atoms with E-state index in [0.717, 1.165) is 11.1 Å². The number of hydrogen-bond acceptors (Lipinski definition) is 6. The maximum absolute atomic E-state index is 5.98. The molecular weight excluding hydrogens is 256 g/mol. The zero-order chi connectivity index (χ0) is 13.8. The number of nitrogens with two attached hydrogens (primary N) is 1. The number of fused-ring (bicyclic) bond motifs is 1. The summed E-state index contributed by atoms with van der Waals surface area (Å²) in [5, 5.41) is 2.96. The maximum Gasteiger partial charge on any atom is 0.224 e. The number of aromatic amines is 1. The van der Waals surface area contributed by atoms with Crippen LogP contribution in [0.15, 0.2) is 42.0 Å². The Labute approximate surface area is 114 Å². The number of pyridine rings is 1. The molecule has 4 N–H and O–H groups in total. The Kier molecular flexibility index (Phi) is 3.19. The SMILES string of the molecule is NC(=NCNc1ncccn1)c1ccnc2nc[nH]c12. The molecule has 0 radical (unpaired) electrons. The van der Waals surface area contributed by atoms with E-state index in [9.17, 15) is 0 Å². The molecule has 3 aromatic rings. The lowest BCUT2D eigenvalue weighted by atomic mass is 10.2. The standard InChI is InChI=1S/C12H12N8/c13-10(18-7-20-12-15-3-1-4-16-12)8-2-5-14-11-9(8)17-6-19-11/h1-6H,7H2,(H2,13,18)(H,14,17,19)(H,15,16,20). The van der Waals surface area contributed by atoms with Crippen LogP contribution in [0.5, 0.6) is 0 Å². The molecule has 8 nitrogen and oxygen atoms in total. The Morgan fingerprint density at radius 2 is 2.05 bits per heavy atom. The topological polar surface area (TPSA) is 118 Å². The Hall–Kier alpha value is -3.03. The average molecular weight is 268 g/mol. The number of aromatic nitrogens is 5. The third-order valence-corrected chi connectivity index (χ3v) is 2.65. The third-order valence-electron chi connectivity index (χ3n) is 2.65. The molecule has 100 valence electrons. The quantitative estimate of drug-likeness (QED) is 0.469. The van der Waals surface area contributed by atoms with Crippen LogP contribution >= 0.6 is 0 Å². The normalized spacial score (nSPS) is 11.7. The van der Waals surface area contributed by atoms with Gasteiger partial charge in [-0.15, -0.1) is 0 Å². The molecule has 0 aromatic carbocycles. The molecule has 0 aliphatic heterocycles. The molecule has 0 fully saturated rings. The van der Waals surface area contributed by atoms with Gasteiger partial charge >= 0.3 is 0 Å². The van der Waals surface area contributed by atoms with Crippen molar-refractivity contribution in [3.05, 3.63) is 42.6 Å². The van der Waals surface area contributed by atoms with Crippen molar-refractivity contribution >= 4 is 22.9 Å². The molecule has 20 heavy (non-hydrogen) atoms. The van der Waals surface area contributed by atoms with Crippen LogP contribution in [0.3, 0.4) is 0 Å². The van der Waals surface area contributed by atoms with Gasteiger partial charge in [0, 0.05) is 24.2 Å².